The third kappa shape index (κ3) is 5.44. The van der Waals surface area contributed by atoms with Crippen LogP contribution in [-0.2, 0) is 18.0 Å². The number of carbonyl (C=O) groups excluding carboxylic acids is 1. The Hall–Kier alpha value is -3.67. The molecule has 30 heavy (non-hydrogen) atoms. The topological polar surface area (TPSA) is 63.2 Å². The number of esters is 1. The van der Waals surface area contributed by atoms with E-state index in [2.05, 4.69) is 0 Å². The fraction of sp³-hybridized carbons (Fsp3) is 0.208. The van der Waals surface area contributed by atoms with Crippen LogP contribution in [-0.4, -0.2) is 27.3 Å². The van der Waals surface area contributed by atoms with Crippen LogP contribution in [0.4, 0.5) is 0 Å². The molecule has 0 aliphatic heterocycles. The molecule has 0 bridgehead atoms. The van der Waals surface area contributed by atoms with Crippen molar-refractivity contribution in [2.45, 2.75) is 13.2 Å². The maximum absolute atomic E-state index is 11.9. The molecule has 0 saturated heterocycles. The van der Waals surface area contributed by atoms with Gasteiger partial charge in [-0.3, -0.25) is 0 Å². The maximum Gasteiger partial charge on any atom is 0.337 e. The van der Waals surface area contributed by atoms with Crippen LogP contribution >= 0.6 is 0 Å². The molecule has 6 heteroatoms. The van der Waals surface area contributed by atoms with Crippen LogP contribution in [0.25, 0.3) is 0 Å². The summed E-state index contributed by atoms with van der Waals surface area (Å²) < 4.78 is 27.1. The normalized spacial score (nSPS) is 10.2. The predicted octanol–water partition coefficient (Wildman–Crippen LogP) is 4.65. The SMILES string of the molecule is COC(=O)c1ccc(OCc2ccc(OC)cc2)c(OCc2ccc(OC)cc2)c1. The number of benzene rings is 3. The summed E-state index contributed by atoms with van der Waals surface area (Å²) in [5, 5.41) is 0. The third-order valence-corrected chi connectivity index (χ3v) is 4.47. The molecule has 0 aromatic heterocycles. The lowest BCUT2D eigenvalue weighted by Gasteiger charge is -2.14. The van der Waals surface area contributed by atoms with Gasteiger partial charge in [-0.25, -0.2) is 4.79 Å². The van der Waals surface area contributed by atoms with E-state index in [9.17, 15) is 4.79 Å². The molecule has 0 aliphatic carbocycles. The summed E-state index contributed by atoms with van der Waals surface area (Å²) in [6.45, 7) is 0.661. The van der Waals surface area contributed by atoms with Crippen LogP contribution in [0.1, 0.15) is 21.5 Å². The average Bonchev–Trinajstić information content (AvgIpc) is 2.81. The Morgan fingerprint density at radius 2 is 1.17 bits per heavy atom. The lowest BCUT2D eigenvalue weighted by molar-refractivity contribution is 0.0600. The number of ether oxygens (including phenoxy) is 5. The quantitative estimate of drug-likeness (QED) is 0.481. The molecule has 0 atom stereocenters. The summed E-state index contributed by atoms with van der Waals surface area (Å²) in [5.74, 6) is 2.11. The Morgan fingerprint density at radius 1 is 0.667 bits per heavy atom. The second kappa shape index (κ2) is 10.2. The highest BCUT2D eigenvalue weighted by molar-refractivity contribution is 5.90. The first-order valence-corrected chi connectivity index (χ1v) is 9.36. The predicted molar refractivity (Wildman–Crippen MR) is 112 cm³/mol. The summed E-state index contributed by atoms with van der Waals surface area (Å²) in [7, 11) is 4.59. The Morgan fingerprint density at radius 3 is 1.63 bits per heavy atom. The molecule has 3 aromatic rings. The van der Waals surface area contributed by atoms with Crippen molar-refractivity contribution in [2.24, 2.45) is 0 Å². The summed E-state index contributed by atoms with van der Waals surface area (Å²) in [6, 6.07) is 20.2. The lowest BCUT2D eigenvalue weighted by atomic mass is 10.2. The van der Waals surface area contributed by atoms with Crippen LogP contribution in [0, 0.1) is 0 Å². The Balaban J connectivity index is 1.75. The van der Waals surface area contributed by atoms with Gasteiger partial charge in [-0.05, 0) is 53.6 Å². The monoisotopic (exact) mass is 408 g/mol. The van der Waals surface area contributed by atoms with Crippen molar-refractivity contribution < 1.29 is 28.5 Å². The molecule has 0 aliphatic rings. The summed E-state index contributed by atoms with van der Waals surface area (Å²) >= 11 is 0. The second-order valence-corrected chi connectivity index (χ2v) is 6.43. The zero-order chi connectivity index (χ0) is 21.3. The van der Waals surface area contributed by atoms with E-state index in [0.29, 0.717) is 30.3 Å². The summed E-state index contributed by atoms with van der Waals surface area (Å²) in [5.41, 5.74) is 2.33. The van der Waals surface area contributed by atoms with Crippen molar-refractivity contribution in [2.75, 3.05) is 21.3 Å². The number of rotatable bonds is 9. The highest BCUT2D eigenvalue weighted by Crippen LogP contribution is 2.30. The highest BCUT2D eigenvalue weighted by Gasteiger charge is 2.13. The van der Waals surface area contributed by atoms with Crippen molar-refractivity contribution in [1.82, 2.24) is 0 Å². The molecule has 0 amide bonds. The first-order valence-electron chi connectivity index (χ1n) is 9.36. The van der Waals surface area contributed by atoms with Gasteiger partial charge in [0.25, 0.3) is 0 Å². The van der Waals surface area contributed by atoms with Gasteiger partial charge in [-0.2, -0.15) is 0 Å². The van der Waals surface area contributed by atoms with Gasteiger partial charge < -0.3 is 23.7 Å². The fourth-order valence-electron chi connectivity index (χ4n) is 2.75. The molecule has 0 spiro atoms. The molecule has 3 aromatic carbocycles. The molecule has 0 unspecified atom stereocenters. The molecule has 0 N–H and O–H groups in total. The van der Waals surface area contributed by atoms with Crippen LogP contribution < -0.4 is 18.9 Å². The van der Waals surface area contributed by atoms with E-state index in [0.717, 1.165) is 22.6 Å². The van der Waals surface area contributed by atoms with E-state index < -0.39 is 5.97 Å². The molecule has 0 heterocycles. The van der Waals surface area contributed by atoms with Crippen molar-refractivity contribution in [1.29, 1.82) is 0 Å². The minimum Gasteiger partial charge on any atom is -0.497 e. The molecule has 156 valence electrons. The number of carbonyl (C=O) groups is 1. The van der Waals surface area contributed by atoms with E-state index in [-0.39, 0.29) is 0 Å². The standard InChI is InChI=1S/C24H24O6/c1-26-20-9-4-17(5-10-20)15-29-22-13-8-19(24(25)28-3)14-23(22)30-16-18-6-11-21(27-2)12-7-18/h4-14H,15-16H2,1-3H3. The smallest absolute Gasteiger partial charge is 0.337 e. The van der Waals surface area contributed by atoms with Crippen LogP contribution in [0.3, 0.4) is 0 Å². The Bertz CT molecular complexity index is 964. The van der Waals surface area contributed by atoms with Crippen LogP contribution in [0.2, 0.25) is 0 Å². The van der Waals surface area contributed by atoms with E-state index in [1.165, 1.54) is 7.11 Å². The van der Waals surface area contributed by atoms with Gasteiger partial charge in [0.05, 0.1) is 26.9 Å². The molecule has 6 nitrogen and oxygen atoms in total. The van der Waals surface area contributed by atoms with Crippen LogP contribution in [0.15, 0.2) is 66.7 Å². The maximum atomic E-state index is 11.9. The molecule has 0 saturated carbocycles. The largest absolute Gasteiger partial charge is 0.497 e. The molecular formula is C24H24O6. The van der Waals surface area contributed by atoms with Crippen molar-refractivity contribution in [3.63, 3.8) is 0 Å². The fourth-order valence-corrected chi connectivity index (χ4v) is 2.75. The first kappa shape index (κ1) is 21.0. The number of hydrogen-bond acceptors (Lipinski definition) is 6. The minimum atomic E-state index is -0.439. The van der Waals surface area contributed by atoms with Gasteiger partial charge in [0, 0.05) is 0 Å². The Labute approximate surface area is 175 Å². The van der Waals surface area contributed by atoms with E-state index in [1.807, 2.05) is 48.5 Å². The van der Waals surface area contributed by atoms with Gasteiger partial charge in [0.15, 0.2) is 11.5 Å². The van der Waals surface area contributed by atoms with Crippen molar-refractivity contribution in [3.05, 3.63) is 83.4 Å². The van der Waals surface area contributed by atoms with Crippen LogP contribution in [0.5, 0.6) is 23.0 Å². The number of methoxy groups -OCH3 is 3. The molecule has 0 fully saturated rings. The van der Waals surface area contributed by atoms with Gasteiger partial charge >= 0.3 is 5.97 Å². The van der Waals surface area contributed by atoms with Gasteiger partial charge in [0.1, 0.15) is 24.7 Å². The molecular weight excluding hydrogens is 384 g/mol. The minimum absolute atomic E-state index is 0.313. The lowest BCUT2D eigenvalue weighted by Crippen LogP contribution is -2.05. The highest BCUT2D eigenvalue weighted by atomic mass is 16.5. The van der Waals surface area contributed by atoms with E-state index in [1.54, 1.807) is 32.4 Å². The van der Waals surface area contributed by atoms with E-state index in [4.69, 9.17) is 23.7 Å². The van der Waals surface area contributed by atoms with Crippen molar-refractivity contribution >= 4 is 5.97 Å². The molecule has 0 radical (unpaired) electrons. The van der Waals surface area contributed by atoms with Gasteiger partial charge in [0.2, 0.25) is 0 Å². The third-order valence-electron chi connectivity index (χ3n) is 4.47. The Kier molecular flexibility index (Phi) is 7.16. The second-order valence-electron chi connectivity index (χ2n) is 6.43. The first-order chi connectivity index (χ1) is 14.6. The van der Waals surface area contributed by atoms with Crippen molar-refractivity contribution in [3.8, 4) is 23.0 Å². The van der Waals surface area contributed by atoms with Gasteiger partial charge in [-0.15, -0.1) is 0 Å². The van der Waals surface area contributed by atoms with E-state index >= 15 is 0 Å². The van der Waals surface area contributed by atoms with Gasteiger partial charge in [-0.1, -0.05) is 24.3 Å². The zero-order valence-corrected chi connectivity index (χ0v) is 17.2. The zero-order valence-electron chi connectivity index (χ0n) is 17.2. The summed E-state index contributed by atoms with van der Waals surface area (Å²) in [4.78, 5) is 11.9. The molecule has 3 rings (SSSR count). The average molecular weight is 408 g/mol. The number of hydrogen-bond donors (Lipinski definition) is 0. The summed E-state index contributed by atoms with van der Waals surface area (Å²) in [6.07, 6.45) is 0.